The summed E-state index contributed by atoms with van der Waals surface area (Å²) in [5.41, 5.74) is 1.79. The summed E-state index contributed by atoms with van der Waals surface area (Å²) in [6, 6.07) is 17.5. The van der Waals surface area contributed by atoms with Crippen LogP contribution < -0.4 is 15.8 Å². The third-order valence-corrected chi connectivity index (χ3v) is 6.22. The summed E-state index contributed by atoms with van der Waals surface area (Å²) in [5.74, 6) is -0.306. The Morgan fingerprint density at radius 1 is 0.968 bits per heavy atom. The van der Waals surface area contributed by atoms with Gasteiger partial charge >= 0.3 is 0 Å². The summed E-state index contributed by atoms with van der Waals surface area (Å²) >= 11 is 0. The molecule has 0 aliphatic heterocycles. The maximum atomic E-state index is 12.9. The Bertz CT molecular complexity index is 1250. The van der Waals surface area contributed by atoms with Crippen LogP contribution in [0.15, 0.2) is 65.6 Å². The van der Waals surface area contributed by atoms with Crippen LogP contribution in [-0.4, -0.2) is 26.8 Å². The van der Waals surface area contributed by atoms with Gasteiger partial charge in [-0.15, -0.1) is 0 Å². The minimum absolute atomic E-state index is 0.0303. The first-order valence-electron chi connectivity index (χ1n) is 10.0. The van der Waals surface area contributed by atoms with Gasteiger partial charge in [-0.25, -0.2) is 13.6 Å². The van der Waals surface area contributed by atoms with E-state index < -0.39 is 10.0 Å². The van der Waals surface area contributed by atoms with E-state index in [-0.39, 0.29) is 22.6 Å². The van der Waals surface area contributed by atoms with Gasteiger partial charge in [-0.1, -0.05) is 36.4 Å². The van der Waals surface area contributed by atoms with Crippen LogP contribution in [0.1, 0.15) is 28.8 Å². The Morgan fingerprint density at radius 2 is 1.61 bits per heavy atom. The van der Waals surface area contributed by atoms with Crippen LogP contribution in [-0.2, 0) is 21.2 Å². The maximum absolute atomic E-state index is 12.9. The van der Waals surface area contributed by atoms with E-state index in [4.69, 9.17) is 5.14 Å². The molecule has 0 atom stereocenters. The first kappa shape index (κ1) is 21.0. The quantitative estimate of drug-likeness (QED) is 0.527. The van der Waals surface area contributed by atoms with Crippen LogP contribution in [0.2, 0.25) is 0 Å². The van der Waals surface area contributed by atoms with Gasteiger partial charge in [0.1, 0.15) is 0 Å². The van der Waals surface area contributed by atoms with Crippen molar-refractivity contribution in [2.75, 3.05) is 11.9 Å². The van der Waals surface area contributed by atoms with E-state index in [0.717, 1.165) is 29.2 Å². The maximum Gasteiger partial charge on any atom is 0.253 e. The van der Waals surface area contributed by atoms with E-state index >= 15 is 0 Å². The fourth-order valence-corrected chi connectivity index (χ4v) is 3.89. The summed E-state index contributed by atoms with van der Waals surface area (Å²) < 4.78 is 22.7. The number of fused-ring (bicyclic) bond motifs is 1. The van der Waals surface area contributed by atoms with Gasteiger partial charge in [0.05, 0.1) is 16.1 Å². The normalized spacial score (nSPS) is 13.7. The molecule has 160 valence electrons. The molecule has 1 aliphatic carbocycles. The fourth-order valence-electron chi connectivity index (χ4n) is 3.37. The standard InChI is InChI=1S/C23H23N3O4S/c24-31(29,30)19-9-5-15(6-10-19)11-12-25-23(28)20-13-17-3-1-2-4-18(17)14-21(20)26-22(27)16-7-8-16/h1-6,9-10,13-14,16H,7-8,11-12H2,(H,25,28)(H,26,27)(H2,24,29,30). The molecule has 3 aromatic rings. The zero-order valence-electron chi connectivity index (χ0n) is 16.8. The zero-order chi connectivity index (χ0) is 22.0. The lowest BCUT2D eigenvalue weighted by atomic mass is 10.0. The van der Waals surface area contributed by atoms with E-state index in [2.05, 4.69) is 10.6 Å². The van der Waals surface area contributed by atoms with Gasteiger partial charge in [0.25, 0.3) is 5.91 Å². The second-order valence-electron chi connectivity index (χ2n) is 7.70. The minimum atomic E-state index is -3.73. The van der Waals surface area contributed by atoms with Crippen molar-refractivity contribution in [3.63, 3.8) is 0 Å². The molecule has 1 saturated carbocycles. The summed E-state index contributed by atoms with van der Waals surface area (Å²) in [7, 11) is -3.73. The van der Waals surface area contributed by atoms with Crippen molar-refractivity contribution in [3.05, 3.63) is 71.8 Å². The van der Waals surface area contributed by atoms with Crippen LogP contribution >= 0.6 is 0 Å². The summed E-state index contributed by atoms with van der Waals surface area (Å²) in [6.07, 6.45) is 2.28. The number of rotatable bonds is 7. The van der Waals surface area contributed by atoms with Crippen molar-refractivity contribution >= 4 is 38.3 Å². The Hall–Kier alpha value is -3.23. The second-order valence-corrected chi connectivity index (χ2v) is 9.26. The van der Waals surface area contributed by atoms with Gasteiger partial charge in [-0.3, -0.25) is 9.59 Å². The van der Waals surface area contributed by atoms with E-state index in [0.29, 0.717) is 24.2 Å². The number of hydrogen-bond acceptors (Lipinski definition) is 4. The summed E-state index contributed by atoms with van der Waals surface area (Å²) in [4.78, 5) is 25.2. The van der Waals surface area contributed by atoms with E-state index in [9.17, 15) is 18.0 Å². The highest BCUT2D eigenvalue weighted by atomic mass is 32.2. The summed E-state index contributed by atoms with van der Waals surface area (Å²) in [6.45, 7) is 0.358. The molecule has 0 bridgehead atoms. The highest BCUT2D eigenvalue weighted by Crippen LogP contribution is 2.32. The highest BCUT2D eigenvalue weighted by Gasteiger charge is 2.30. The molecular weight excluding hydrogens is 414 g/mol. The molecule has 0 aromatic heterocycles. The number of sulfonamides is 1. The van der Waals surface area contributed by atoms with Gasteiger partial charge in [-0.2, -0.15) is 0 Å². The fraction of sp³-hybridized carbons (Fsp3) is 0.217. The van der Waals surface area contributed by atoms with Crippen LogP contribution in [0.4, 0.5) is 5.69 Å². The molecule has 0 heterocycles. The summed E-state index contributed by atoms with van der Waals surface area (Å²) in [5, 5.41) is 12.8. The first-order valence-corrected chi connectivity index (χ1v) is 11.6. The van der Waals surface area contributed by atoms with Crippen LogP contribution in [0, 0.1) is 5.92 Å². The van der Waals surface area contributed by atoms with Gasteiger partial charge < -0.3 is 10.6 Å². The molecule has 0 saturated heterocycles. The van der Waals surface area contributed by atoms with Crippen molar-refractivity contribution < 1.29 is 18.0 Å². The highest BCUT2D eigenvalue weighted by molar-refractivity contribution is 7.89. The first-order chi connectivity index (χ1) is 14.8. The Kier molecular flexibility index (Phi) is 5.75. The number of hydrogen-bond donors (Lipinski definition) is 3. The Balaban J connectivity index is 1.47. The molecule has 4 rings (SSSR count). The van der Waals surface area contributed by atoms with Crippen LogP contribution in [0.3, 0.4) is 0 Å². The Morgan fingerprint density at radius 3 is 2.23 bits per heavy atom. The van der Waals surface area contributed by atoms with Gasteiger partial charge in [0, 0.05) is 12.5 Å². The van der Waals surface area contributed by atoms with Gasteiger partial charge in [-0.05, 0) is 59.9 Å². The third-order valence-electron chi connectivity index (χ3n) is 5.29. The molecule has 31 heavy (non-hydrogen) atoms. The lowest BCUT2D eigenvalue weighted by molar-refractivity contribution is -0.117. The molecule has 0 spiro atoms. The average Bonchev–Trinajstić information content (AvgIpc) is 3.58. The zero-order valence-corrected chi connectivity index (χ0v) is 17.6. The van der Waals surface area contributed by atoms with Crippen molar-refractivity contribution in [2.24, 2.45) is 11.1 Å². The molecule has 8 heteroatoms. The van der Waals surface area contributed by atoms with E-state index in [1.165, 1.54) is 12.1 Å². The largest absolute Gasteiger partial charge is 0.352 e. The molecule has 0 radical (unpaired) electrons. The number of benzene rings is 3. The number of amides is 2. The predicted molar refractivity (Wildman–Crippen MR) is 119 cm³/mol. The molecule has 3 aromatic carbocycles. The lowest BCUT2D eigenvalue weighted by Gasteiger charge is -2.13. The van der Waals surface area contributed by atoms with Crippen molar-refractivity contribution in [1.82, 2.24) is 5.32 Å². The lowest BCUT2D eigenvalue weighted by Crippen LogP contribution is -2.27. The Labute approximate surface area is 180 Å². The number of anilines is 1. The second kappa shape index (κ2) is 8.49. The topological polar surface area (TPSA) is 118 Å². The van der Waals surface area contributed by atoms with E-state index in [1.807, 2.05) is 30.3 Å². The number of carbonyl (C=O) groups is 2. The predicted octanol–water partition coefficient (Wildman–Crippen LogP) is 2.81. The van der Waals surface area contributed by atoms with Crippen molar-refractivity contribution in [2.45, 2.75) is 24.2 Å². The van der Waals surface area contributed by atoms with Crippen LogP contribution in [0.25, 0.3) is 10.8 Å². The van der Waals surface area contributed by atoms with Crippen molar-refractivity contribution in [3.8, 4) is 0 Å². The number of nitrogens with one attached hydrogen (secondary N) is 2. The number of primary sulfonamides is 1. The van der Waals surface area contributed by atoms with Gasteiger partial charge in [0.15, 0.2) is 0 Å². The number of nitrogens with two attached hydrogens (primary N) is 1. The molecular formula is C23H23N3O4S. The molecule has 1 fully saturated rings. The number of carbonyl (C=O) groups excluding carboxylic acids is 2. The molecule has 4 N–H and O–H groups in total. The van der Waals surface area contributed by atoms with Crippen LogP contribution in [0.5, 0.6) is 0 Å². The SMILES string of the molecule is NS(=O)(=O)c1ccc(CCNC(=O)c2cc3ccccc3cc2NC(=O)C2CC2)cc1. The molecule has 1 aliphatic rings. The molecule has 7 nitrogen and oxygen atoms in total. The molecule has 2 amide bonds. The van der Waals surface area contributed by atoms with E-state index in [1.54, 1.807) is 18.2 Å². The third kappa shape index (κ3) is 5.10. The molecule has 0 unspecified atom stereocenters. The van der Waals surface area contributed by atoms with Gasteiger partial charge in [0.2, 0.25) is 15.9 Å². The average molecular weight is 438 g/mol. The smallest absolute Gasteiger partial charge is 0.253 e. The minimum Gasteiger partial charge on any atom is -0.352 e. The monoisotopic (exact) mass is 437 g/mol. The van der Waals surface area contributed by atoms with Crippen molar-refractivity contribution in [1.29, 1.82) is 0 Å².